The molecular formula is C16H27NO. The van der Waals surface area contributed by atoms with Crippen molar-refractivity contribution < 1.29 is 5.11 Å². The van der Waals surface area contributed by atoms with Gasteiger partial charge >= 0.3 is 0 Å². The third-order valence-electron chi connectivity index (χ3n) is 3.40. The summed E-state index contributed by atoms with van der Waals surface area (Å²) in [5.41, 5.74) is 7.44. The average molecular weight is 249 g/mol. The van der Waals surface area contributed by atoms with E-state index >= 15 is 0 Å². The monoisotopic (exact) mass is 249 g/mol. The molecule has 0 spiro atoms. The molecule has 0 aliphatic rings. The highest BCUT2D eigenvalue weighted by atomic mass is 16.3. The Labute approximate surface area is 111 Å². The Morgan fingerprint density at radius 3 is 2.22 bits per heavy atom. The minimum Gasteiger partial charge on any atom is -0.508 e. The predicted octanol–water partition coefficient (Wildman–Crippen LogP) is 4.66. The number of aromatic hydroxyl groups is 1. The quantitative estimate of drug-likeness (QED) is 0.380. The largest absolute Gasteiger partial charge is 0.508 e. The van der Waals surface area contributed by atoms with Gasteiger partial charge in [0.05, 0.1) is 0 Å². The highest BCUT2D eigenvalue weighted by Crippen LogP contribution is 2.22. The van der Waals surface area contributed by atoms with Gasteiger partial charge in [-0.05, 0) is 36.6 Å². The summed E-state index contributed by atoms with van der Waals surface area (Å²) < 4.78 is 0. The maximum absolute atomic E-state index is 9.68. The molecule has 0 aromatic heterocycles. The van der Waals surface area contributed by atoms with Crippen LogP contribution in [-0.2, 0) is 6.42 Å². The van der Waals surface area contributed by atoms with Crippen molar-refractivity contribution in [3.63, 3.8) is 0 Å². The first kappa shape index (κ1) is 14.9. The van der Waals surface area contributed by atoms with E-state index in [1.165, 1.54) is 44.9 Å². The average Bonchev–Trinajstić information content (AvgIpc) is 2.36. The number of hydrogen-bond donors (Lipinski definition) is 2. The number of anilines is 1. The third kappa shape index (κ3) is 5.95. The first-order chi connectivity index (χ1) is 8.74. The van der Waals surface area contributed by atoms with Crippen molar-refractivity contribution in [2.75, 3.05) is 5.73 Å². The number of nitrogen functional groups attached to an aromatic ring is 1. The van der Waals surface area contributed by atoms with E-state index in [-0.39, 0.29) is 0 Å². The van der Waals surface area contributed by atoms with Crippen molar-refractivity contribution in [2.24, 2.45) is 0 Å². The van der Waals surface area contributed by atoms with Crippen LogP contribution in [0.3, 0.4) is 0 Å². The van der Waals surface area contributed by atoms with E-state index in [9.17, 15) is 5.11 Å². The Balaban J connectivity index is 2.09. The Morgan fingerprint density at radius 1 is 0.944 bits per heavy atom. The van der Waals surface area contributed by atoms with Crippen LogP contribution in [-0.4, -0.2) is 5.11 Å². The molecule has 0 saturated carbocycles. The summed E-state index contributed by atoms with van der Waals surface area (Å²) in [7, 11) is 0. The number of unbranched alkanes of at least 4 members (excludes halogenated alkanes) is 7. The summed E-state index contributed by atoms with van der Waals surface area (Å²) in [5, 5.41) is 9.68. The zero-order valence-corrected chi connectivity index (χ0v) is 11.6. The number of hydrogen-bond acceptors (Lipinski definition) is 2. The van der Waals surface area contributed by atoms with Crippen molar-refractivity contribution in [3.8, 4) is 5.75 Å². The van der Waals surface area contributed by atoms with E-state index in [1.54, 1.807) is 12.1 Å². The van der Waals surface area contributed by atoms with Crippen LogP contribution in [0.1, 0.15) is 63.9 Å². The fraction of sp³-hybridized carbons (Fsp3) is 0.625. The van der Waals surface area contributed by atoms with Gasteiger partial charge < -0.3 is 10.8 Å². The zero-order chi connectivity index (χ0) is 13.2. The fourth-order valence-electron chi connectivity index (χ4n) is 2.26. The van der Waals surface area contributed by atoms with Crippen LogP contribution < -0.4 is 5.73 Å². The number of aryl methyl sites for hydroxylation is 1. The smallest absolute Gasteiger partial charge is 0.118 e. The molecule has 1 rings (SSSR count). The van der Waals surface area contributed by atoms with Gasteiger partial charge in [0.1, 0.15) is 5.75 Å². The van der Waals surface area contributed by atoms with Gasteiger partial charge in [-0.2, -0.15) is 0 Å². The molecule has 0 saturated heterocycles. The molecule has 1 aromatic rings. The fourth-order valence-corrected chi connectivity index (χ4v) is 2.26. The molecule has 0 amide bonds. The highest BCUT2D eigenvalue weighted by Gasteiger charge is 2.01. The summed E-state index contributed by atoms with van der Waals surface area (Å²) in [6.07, 6.45) is 11.4. The van der Waals surface area contributed by atoms with E-state index in [0.29, 0.717) is 5.75 Å². The molecule has 0 unspecified atom stereocenters. The molecule has 0 aliphatic carbocycles. The molecule has 18 heavy (non-hydrogen) atoms. The molecule has 3 N–H and O–H groups in total. The molecule has 1 aromatic carbocycles. The normalized spacial score (nSPS) is 10.7. The van der Waals surface area contributed by atoms with Gasteiger partial charge in [-0.25, -0.2) is 0 Å². The summed E-state index contributed by atoms with van der Waals surface area (Å²) in [5.74, 6) is 0.382. The second-order valence-electron chi connectivity index (χ2n) is 5.11. The SMILES string of the molecule is CCCCCCCCCCc1cc(N)ccc1O. The van der Waals surface area contributed by atoms with Gasteiger partial charge in [-0.15, -0.1) is 0 Å². The molecular weight excluding hydrogens is 222 g/mol. The minimum atomic E-state index is 0.382. The predicted molar refractivity (Wildman–Crippen MR) is 78.8 cm³/mol. The molecule has 0 heterocycles. The summed E-state index contributed by atoms with van der Waals surface area (Å²) in [6, 6.07) is 5.32. The first-order valence-electron chi connectivity index (χ1n) is 7.31. The number of nitrogens with two attached hydrogens (primary N) is 1. The van der Waals surface area contributed by atoms with Crippen LogP contribution in [0.15, 0.2) is 18.2 Å². The lowest BCUT2D eigenvalue weighted by molar-refractivity contribution is 0.466. The van der Waals surface area contributed by atoms with Crippen molar-refractivity contribution in [3.05, 3.63) is 23.8 Å². The van der Waals surface area contributed by atoms with Crippen molar-refractivity contribution >= 4 is 5.69 Å². The lowest BCUT2D eigenvalue weighted by atomic mass is 10.0. The molecule has 0 bridgehead atoms. The molecule has 2 nitrogen and oxygen atoms in total. The van der Waals surface area contributed by atoms with E-state index in [0.717, 1.165) is 24.1 Å². The van der Waals surface area contributed by atoms with Crippen LogP contribution in [0.2, 0.25) is 0 Å². The highest BCUT2D eigenvalue weighted by molar-refractivity contribution is 5.47. The van der Waals surface area contributed by atoms with Crippen LogP contribution in [0.5, 0.6) is 5.75 Å². The topological polar surface area (TPSA) is 46.2 Å². The van der Waals surface area contributed by atoms with E-state index in [2.05, 4.69) is 6.92 Å². The van der Waals surface area contributed by atoms with Gasteiger partial charge in [0.25, 0.3) is 0 Å². The Bertz CT molecular complexity index is 336. The molecule has 2 heteroatoms. The van der Waals surface area contributed by atoms with Crippen LogP contribution in [0.25, 0.3) is 0 Å². The first-order valence-corrected chi connectivity index (χ1v) is 7.31. The summed E-state index contributed by atoms with van der Waals surface area (Å²) >= 11 is 0. The van der Waals surface area contributed by atoms with E-state index in [4.69, 9.17) is 5.73 Å². The van der Waals surface area contributed by atoms with E-state index < -0.39 is 0 Å². The summed E-state index contributed by atoms with van der Waals surface area (Å²) in [6.45, 7) is 2.25. The number of phenols is 1. The van der Waals surface area contributed by atoms with Crippen molar-refractivity contribution in [1.82, 2.24) is 0 Å². The van der Waals surface area contributed by atoms with Gasteiger partial charge in [0.15, 0.2) is 0 Å². The molecule has 102 valence electrons. The Morgan fingerprint density at radius 2 is 1.56 bits per heavy atom. The maximum atomic E-state index is 9.68. The Kier molecular flexibility index (Phi) is 7.31. The zero-order valence-electron chi connectivity index (χ0n) is 11.6. The van der Waals surface area contributed by atoms with Crippen LogP contribution in [0.4, 0.5) is 5.69 Å². The lowest BCUT2D eigenvalue weighted by Crippen LogP contribution is -1.91. The molecule has 0 atom stereocenters. The van der Waals surface area contributed by atoms with E-state index in [1.807, 2.05) is 6.07 Å². The van der Waals surface area contributed by atoms with Gasteiger partial charge in [0.2, 0.25) is 0 Å². The number of rotatable bonds is 9. The lowest BCUT2D eigenvalue weighted by Gasteiger charge is -2.06. The summed E-state index contributed by atoms with van der Waals surface area (Å²) in [4.78, 5) is 0. The minimum absolute atomic E-state index is 0.382. The van der Waals surface area contributed by atoms with Gasteiger partial charge in [-0.1, -0.05) is 51.9 Å². The molecule has 0 aliphatic heterocycles. The standard InChI is InChI=1S/C16H27NO/c1-2-3-4-5-6-7-8-9-10-14-13-15(17)11-12-16(14)18/h11-13,18H,2-10,17H2,1H3. The van der Waals surface area contributed by atoms with Crippen molar-refractivity contribution in [1.29, 1.82) is 0 Å². The number of benzene rings is 1. The number of phenolic OH excluding ortho intramolecular Hbond substituents is 1. The third-order valence-corrected chi connectivity index (χ3v) is 3.40. The van der Waals surface area contributed by atoms with Crippen LogP contribution >= 0.6 is 0 Å². The van der Waals surface area contributed by atoms with Gasteiger partial charge in [-0.3, -0.25) is 0 Å². The van der Waals surface area contributed by atoms with Crippen LogP contribution in [0, 0.1) is 0 Å². The van der Waals surface area contributed by atoms with Gasteiger partial charge in [0, 0.05) is 5.69 Å². The van der Waals surface area contributed by atoms with Crippen molar-refractivity contribution in [2.45, 2.75) is 64.7 Å². The second-order valence-corrected chi connectivity index (χ2v) is 5.11. The maximum Gasteiger partial charge on any atom is 0.118 e. The Hall–Kier alpha value is -1.18. The molecule has 0 radical (unpaired) electrons. The molecule has 0 fully saturated rings. The second kappa shape index (κ2) is 8.84.